The van der Waals surface area contributed by atoms with Crippen LogP contribution in [0.1, 0.15) is 20.3 Å². The van der Waals surface area contributed by atoms with Crippen molar-refractivity contribution in [3.8, 4) is 0 Å². The summed E-state index contributed by atoms with van der Waals surface area (Å²) in [5, 5.41) is 3.36. The van der Waals surface area contributed by atoms with E-state index in [1.54, 1.807) is 7.11 Å². The first-order valence-corrected chi connectivity index (χ1v) is 5.69. The van der Waals surface area contributed by atoms with Gasteiger partial charge in [-0.1, -0.05) is 6.92 Å². The van der Waals surface area contributed by atoms with Crippen LogP contribution >= 0.6 is 0 Å². The van der Waals surface area contributed by atoms with Crippen LogP contribution in [0.4, 0.5) is 0 Å². The van der Waals surface area contributed by atoms with E-state index in [4.69, 9.17) is 14.2 Å². The van der Waals surface area contributed by atoms with Crippen LogP contribution in [0.15, 0.2) is 0 Å². The topological polar surface area (TPSA) is 39.7 Å². The average molecular weight is 219 g/mol. The number of ether oxygens (including phenoxy) is 3. The molecule has 0 aliphatic carbocycles. The Balaban J connectivity index is 3.02. The van der Waals surface area contributed by atoms with Crippen LogP contribution < -0.4 is 5.32 Å². The van der Waals surface area contributed by atoms with E-state index in [0.717, 1.165) is 19.6 Å². The zero-order valence-corrected chi connectivity index (χ0v) is 10.3. The molecule has 0 spiro atoms. The maximum Gasteiger partial charge on any atom is 0.0701 e. The van der Waals surface area contributed by atoms with Crippen LogP contribution in [0.2, 0.25) is 0 Å². The van der Waals surface area contributed by atoms with Crippen LogP contribution in [-0.2, 0) is 14.2 Å². The molecule has 92 valence electrons. The van der Waals surface area contributed by atoms with E-state index < -0.39 is 0 Å². The van der Waals surface area contributed by atoms with Gasteiger partial charge in [0.2, 0.25) is 0 Å². The highest BCUT2D eigenvalue weighted by atomic mass is 16.5. The number of hydrogen-bond acceptors (Lipinski definition) is 4. The third kappa shape index (κ3) is 11.8. The van der Waals surface area contributed by atoms with Gasteiger partial charge in [0.05, 0.1) is 33.0 Å². The molecule has 1 unspecified atom stereocenters. The molecule has 0 radical (unpaired) electrons. The van der Waals surface area contributed by atoms with Gasteiger partial charge in [-0.3, -0.25) is 0 Å². The van der Waals surface area contributed by atoms with Crippen molar-refractivity contribution in [1.29, 1.82) is 0 Å². The molecule has 1 atom stereocenters. The quantitative estimate of drug-likeness (QED) is 0.527. The van der Waals surface area contributed by atoms with Gasteiger partial charge in [-0.2, -0.15) is 0 Å². The minimum atomic E-state index is 0.420. The molecule has 0 aromatic rings. The first-order chi connectivity index (χ1) is 7.31. The first kappa shape index (κ1) is 14.8. The van der Waals surface area contributed by atoms with E-state index in [-0.39, 0.29) is 0 Å². The molecule has 4 heteroatoms. The maximum atomic E-state index is 5.44. The van der Waals surface area contributed by atoms with Crippen molar-refractivity contribution in [3.63, 3.8) is 0 Å². The molecular weight excluding hydrogens is 194 g/mol. The predicted octanol–water partition coefficient (Wildman–Crippen LogP) is 1.05. The highest BCUT2D eigenvalue weighted by Gasteiger charge is 1.99. The molecule has 0 aliphatic rings. The van der Waals surface area contributed by atoms with Crippen LogP contribution in [0.3, 0.4) is 0 Å². The summed E-state index contributed by atoms with van der Waals surface area (Å²) in [5.41, 5.74) is 0. The highest BCUT2D eigenvalue weighted by molar-refractivity contribution is 4.57. The van der Waals surface area contributed by atoms with Gasteiger partial charge in [0.15, 0.2) is 0 Å². The summed E-state index contributed by atoms with van der Waals surface area (Å²) in [6.07, 6.45) is 1.16. The molecule has 0 aromatic carbocycles. The summed E-state index contributed by atoms with van der Waals surface area (Å²) in [6.45, 7) is 8.66. The minimum absolute atomic E-state index is 0.420. The van der Waals surface area contributed by atoms with Crippen molar-refractivity contribution in [2.24, 2.45) is 0 Å². The smallest absolute Gasteiger partial charge is 0.0701 e. The fourth-order valence-corrected chi connectivity index (χ4v) is 1.07. The van der Waals surface area contributed by atoms with Gasteiger partial charge in [0.25, 0.3) is 0 Å². The van der Waals surface area contributed by atoms with Gasteiger partial charge in [-0.25, -0.2) is 0 Å². The van der Waals surface area contributed by atoms with Gasteiger partial charge >= 0.3 is 0 Å². The highest BCUT2D eigenvalue weighted by Crippen LogP contribution is 1.86. The lowest BCUT2D eigenvalue weighted by Crippen LogP contribution is -2.31. The molecule has 0 aliphatic heterocycles. The molecule has 0 heterocycles. The molecular formula is C11H25NO3. The van der Waals surface area contributed by atoms with Gasteiger partial charge < -0.3 is 19.5 Å². The van der Waals surface area contributed by atoms with Crippen LogP contribution in [0, 0.1) is 0 Å². The standard InChI is InChI=1S/C11H25NO3/c1-4-5-12-11(2)10-15-9-8-14-7-6-13-3/h11-12H,4-10H2,1-3H3. The van der Waals surface area contributed by atoms with Gasteiger partial charge in [0, 0.05) is 13.2 Å². The lowest BCUT2D eigenvalue weighted by Gasteiger charge is -2.13. The number of hydrogen-bond donors (Lipinski definition) is 1. The predicted molar refractivity (Wildman–Crippen MR) is 61.3 cm³/mol. The summed E-state index contributed by atoms with van der Waals surface area (Å²) in [4.78, 5) is 0. The van der Waals surface area contributed by atoms with Gasteiger partial charge in [-0.05, 0) is 19.9 Å². The molecule has 4 nitrogen and oxygen atoms in total. The van der Waals surface area contributed by atoms with Crippen molar-refractivity contribution in [3.05, 3.63) is 0 Å². The fourth-order valence-electron chi connectivity index (χ4n) is 1.07. The molecule has 1 N–H and O–H groups in total. The van der Waals surface area contributed by atoms with Crippen molar-refractivity contribution < 1.29 is 14.2 Å². The second-order valence-corrected chi connectivity index (χ2v) is 3.54. The number of nitrogens with one attached hydrogen (secondary N) is 1. The molecule has 0 bridgehead atoms. The number of methoxy groups -OCH3 is 1. The van der Waals surface area contributed by atoms with Crippen molar-refractivity contribution in [1.82, 2.24) is 5.32 Å². The molecule has 0 fully saturated rings. The zero-order valence-electron chi connectivity index (χ0n) is 10.3. The fraction of sp³-hybridized carbons (Fsp3) is 1.00. The first-order valence-electron chi connectivity index (χ1n) is 5.69. The monoisotopic (exact) mass is 219 g/mol. The van der Waals surface area contributed by atoms with Crippen molar-refractivity contribution >= 4 is 0 Å². The zero-order chi connectivity index (χ0) is 11.4. The number of rotatable bonds is 11. The Morgan fingerprint density at radius 1 is 1.07 bits per heavy atom. The van der Waals surface area contributed by atoms with E-state index in [1.165, 1.54) is 0 Å². The van der Waals surface area contributed by atoms with E-state index in [2.05, 4.69) is 19.2 Å². The van der Waals surface area contributed by atoms with E-state index in [0.29, 0.717) is 32.5 Å². The van der Waals surface area contributed by atoms with Crippen LogP contribution in [0.25, 0.3) is 0 Å². The summed E-state index contributed by atoms with van der Waals surface area (Å²) in [6, 6.07) is 0.420. The summed E-state index contributed by atoms with van der Waals surface area (Å²) in [7, 11) is 1.67. The van der Waals surface area contributed by atoms with Gasteiger partial charge in [-0.15, -0.1) is 0 Å². The summed E-state index contributed by atoms with van der Waals surface area (Å²) >= 11 is 0. The Bertz CT molecular complexity index is 122. The Kier molecular flexibility index (Phi) is 11.8. The van der Waals surface area contributed by atoms with E-state index >= 15 is 0 Å². The molecule has 15 heavy (non-hydrogen) atoms. The van der Waals surface area contributed by atoms with Crippen molar-refractivity contribution in [2.45, 2.75) is 26.3 Å². The Hall–Kier alpha value is -0.160. The molecule has 0 rings (SSSR count). The van der Waals surface area contributed by atoms with Crippen molar-refractivity contribution in [2.75, 3.05) is 46.7 Å². The second-order valence-electron chi connectivity index (χ2n) is 3.54. The maximum absolute atomic E-state index is 5.44. The third-order valence-electron chi connectivity index (χ3n) is 1.91. The Morgan fingerprint density at radius 3 is 2.40 bits per heavy atom. The van der Waals surface area contributed by atoms with Crippen LogP contribution in [0.5, 0.6) is 0 Å². The van der Waals surface area contributed by atoms with Crippen LogP contribution in [-0.4, -0.2) is 52.7 Å². The Morgan fingerprint density at radius 2 is 1.73 bits per heavy atom. The molecule has 0 amide bonds. The molecule has 0 saturated heterocycles. The largest absolute Gasteiger partial charge is 0.382 e. The summed E-state index contributed by atoms with van der Waals surface area (Å²) in [5.74, 6) is 0. The minimum Gasteiger partial charge on any atom is -0.382 e. The lowest BCUT2D eigenvalue weighted by molar-refractivity contribution is 0.0205. The SMILES string of the molecule is CCCNC(C)COCCOCCOC. The summed E-state index contributed by atoms with van der Waals surface area (Å²) < 4.78 is 15.6. The Labute approximate surface area is 93.3 Å². The lowest BCUT2D eigenvalue weighted by atomic mass is 10.3. The average Bonchev–Trinajstić information content (AvgIpc) is 2.25. The second kappa shape index (κ2) is 11.9. The normalized spacial score (nSPS) is 13.0. The van der Waals surface area contributed by atoms with E-state index in [9.17, 15) is 0 Å². The third-order valence-corrected chi connectivity index (χ3v) is 1.91. The molecule has 0 saturated carbocycles. The molecule has 0 aromatic heterocycles. The van der Waals surface area contributed by atoms with Gasteiger partial charge in [0.1, 0.15) is 0 Å². The van der Waals surface area contributed by atoms with E-state index in [1.807, 2.05) is 0 Å².